The van der Waals surface area contributed by atoms with Crippen LogP contribution in [0.15, 0.2) is 36.4 Å². The second kappa shape index (κ2) is 5.80. The van der Waals surface area contributed by atoms with Crippen LogP contribution in [0.25, 0.3) is 11.4 Å². The van der Waals surface area contributed by atoms with E-state index in [1.165, 1.54) is 12.1 Å². The van der Waals surface area contributed by atoms with Gasteiger partial charge in [0, 0.05) is 5.56 Å². The Kier molecular flexibility index (Phi) is 4.06. The molecule has 1 heterocycles. The molecule has 2 rings (SSSR count). The quantitative estimate of drug-likeness (QED) is 0.586. The molecule has 22 heavy (non-hydrogen) atoms. The van der Waals surface area contributed by atoms with Crippen molar-refractivity contribution in [1.29, 1.82) is 5.41 Å². The molecule has 9 heteroatoms. The largest absolute Gasteiger partial charge is 0.465 e. The Labute approximate surface area is 122 Å². The van der Waals surface area contributed by atoms with Crippen LogP contribution in [0.1, 0.15) is 11.4 Å². The van der Waals surface area contributed by atoms with E-state index in [1.807, 2.05) is 0 Å². The molecule has 0 radical (unpaired) electrons. The monoisotopic (exact) mass is 310 g/mol. The molecule has 3 N–H and O–H groups in total. The fraction of sp³-hybridized carbons (Fsp3) is 0.0769. The number of benzene rings is 1. The maximum Gasteiger partial charge on any atom is 0.433 e. The highest BCUT2D eigenvalue weighted by atomic mass is 19.4. The summed E-state index contributed by atoms with van der Waals surface area (Å²) >= 11 is 0. The zero-order chi connectivity index (χ0) is 16.3. The second-order valence-corrected chi connectivity index (χ2v) is 4.13. The van der Waals surface area contributed by atoms with E-state index in [2.05, 4.69) is 9.97 Å². The summed E-state index contributed by atoms with van der Waals surface area (Å²) < 4.78 is 38.7. The van der Waals surface area contributed by atoms with Crippen molar-refractivity contribution in [2.45, 2.75) is 6.18 Å². The van der Waals surface area contributed by atoms with Gasteiger partial charge in [0.2, 0.25) is 0 Å². The van der Waals surface area contributed by atoms with E-state index in [0.717, 1.165) is 0 Å². The molecule has 1 amide bonds. The number of amides is 1. The Morgan fingerprint density at radius 3 is 2.36 bits per heavy atom. The minimum absolute atomic E-state index is 0.248. The molecule has 0 aliphatic rings. The van der Waals surface area contributed by atoms with Crippen LogP contribution in [0, 0.1) is 5.41 Å². The van der Waals surface area contributed by atoms with Crippen LogP contribution < -0.4 is 5.32 Å². The molecule has 0 atom stereocenters. The van der Waals surface area contributed by atoms with Crippen molar-refractivity contribution in [1.82, 2.24) is 15.3 Å². The van der Waals surface area contributed by atoms with Crippen LogP contribution in [0.4, 0.5) is 18.0 Å². The summed E-state index contributed by atoms with van der Waals surface area (Å²) in [5.74, 6) is -1.01. The van der Waals surface area contributed by atoms with Gasteiger partial charge in [-0.05, 0) is 6.07 Å². The van der Waals surface area contributed by atoms with Crippen LogP contribution in [-0.4, -0.2) is 27.0 Å². The molecule has 0 spiro atoms. The molecule has 0 unspecified atom stereocenters. The number of carbonyl (C=O) groups is 1. The topological polar surface area (TPSA) is 99.0 Å². The lowest BCUT2D eigenvalue weighted by atomic mass is 10.2. The lowest BCUT2D eigenvalue weighted by Gasteiger charge is -2.11. The molecule has 6 nitrogen and oxygen atoms in total. The smallest absolute Gasteiger partial charge is 0.433 e. The number of hydrogen-bond donors (Lipinski definition) is 3. The van der Waals surface area contributed by atoms with E-state index in [4.69, 9.17) is 10.5 Å². The van der Waals surface area contributed by atoms with Crippen LogP contribution >= 0.6 is 0 Å². The zero-order valence-electron chi connectivity index (χ0n) is 10.8. The Morgan fingerprint density at radius 1 is 1.18 bits per heavy atom. The summed E-state index contributed by atoms with van der Waals surface area (Å²) in [5, 5.41) is 17.7. The van der Waals surface area contributed by atoms with Gasteiger partial charge >= 0.3 is 12.3 Å². The van der Waals surface area contributed by atoms with E-state index in [1.54, 1.807) is 23.5 Å². The molecule has 0 aliphatic carbocycles. The average molecular weight is 310 g/mol. The molecular formula is C13H9F3N4O2. The first kappa shape index (κ1) is 15.4. The predicted molar refractivity (Wildman–Crippen MR) is 70.5 cm³/mol. The van der Waals surface area contributed by atoms with Crippen molar-refractivity contribution in [3.8, 4) is 11.4 Å². The van der Waals surface area contributed by atoms with Gasteiger partial charge in [-0.2, -0.15) is 13.2 Å². The third-order valence-corrected chi connectivity index (χ3v) is 2.54. The number of carboxylic acid groups (broad SMARTS) is 1. The fourth-order valence-corrected chi connectivity index (χ4v) is 1.61. The van der Waals surface area contributed by atoms with Gasteiger partial charge in [-0.1, -0.05) is 30.3 Å². The first-order chi connectivity index (χ1) is 10.3. The summed E-state index contributed by atoms with van der Waals surface area (Å²) in [5.41, 5.74) is -1.41. The molecule has 2 aromatic rings. The lowest BCUT2D eigenvalue weighted by molar-refractivity contribution is -0.141. The number of hydrogen-bond acceptors (Lipinski definition) is 4. The normalized spacial score (nSPS) is 11.0. The Hall–Kier alpha value is -2.97. The van der Waals surface area contributed by atoms with E-state index < -0.39 is 29.5 Å². The molecular weight excluding hydrogens is 301 g/mol. The highest BCUT2D eigenvalue weighted by molar-refractivity contribution is 6.03. The molecule has 114 valence electrons. The number of alkyl halides is 3. The Morgan fingerprint density at radius 2 is 1.82 bits per heavy atom. The van der Waals surface area contributed by atoms with E-state index in [0.29, 0.717) is 11.6 Å². The van der Waals surface area contributed by atoms with Gasteiger partial charge in [0.25, 0.3) is 0 Å². The number of rotatable bonds is 2. The highest BCUT2D eigenvalue weighted by Crippen LogP contribution is 2.29. The summed E-state index contributed by atoms with van der Waals surface area (Å²) in [7, 11) is 0. The van der Waals surface area contributed by atoms with Crippen molar-refractivity contribution in [3.63, 3.8) is 0 Å². The number of nitrogens with one attached hydrogen (secondary N) is 2. The summed E-state index contributed by atoms with van der Waals surface area (Å²) in [6, 6.07) is 8.40. The van der Waals surface area contributed by atoms with Gasteiger partial charge in [0.1, 0.15) is 11.4 Å². The maximum atomic E-state index is 12.9. The fourth-order valence-electron chi connectivity index (χ4n) is 1.61. The third-order valence-electron chi connectivity index (χ3n) is 2.54. The van der Waals surface area contributed by atoms with Crippen LogP contribution in [0.2, 0.25) is 0 Å². The maximum absolute atomic E-state index is 12.9. The van der Waals surface area contributed by atoms with E-state index >= 15 is 0 Å². The van der Waals surface area contributed by atoms with Gasteiger partial charge in [0.05, 0.1) is 0 Å². The SMILES string of the molecule is N=C(NC(=O)O)c1cc(C(F)(F)F)nc(-c2ccccc2)n1. The van der Waals surface area contributed by atoms with Crippen molar-refractivity contribution in [2.24, 2.45) is 0 Å². The van der Waals surface area contributed by atoms with Crippen molar-refractivity contribution < 1.29 is 23.1 Å². The third kappa shape index (κ3) is 3.57. The molecule has 0 saturated carbocycles. The van der Waals surface area contributed by atoms with Crippen molar-refractivity contribution in [3.05, 3.63) is 47.8 Å². The van der Waals surface area contributed by atoms with Gasteiger partial charge in [0.15, 0.2) is 11.7 Å². The average Bonchev–Trinajstić information content (AvgIpc) is 2.46. The van der Waals surface area contributed by atoms with Gasteiger partial charge in [-0.25, -0.2) is 14.8 Å². The molecule has 1 aromatic heterocycles. The second-order valence-electron chi connectivity index (χ2n) is 4.13. The van der Waals surface area contributed by atoms with Crippen LogP contribution in [-0.2, 0) is 6.18 Å². The molecule has 0 bridgehead atoms. The van der Waals surface area contributed by atoms with Crippen LogP contribution in [0.3, 0.4) is 0 Å². The van der Waals surface area contributed by atoms with E-state index in [9.17, 15) is 18.0 Å². The molecule has 0 fully saturated rings. The van der Waals surface area contributed by atoms with Gasteiger partial charge < -0.3 is 5.11 Å². The highest BCUT2D eigenvalue weighted by Gasteiger charge is 2.34. The zero-order valence-corrected chi connectivity index (χ0v) is 10.8. The summed E-state index contributed by atoms with van der Waals surface area (Å²) in [6.45, 7) is 0. The number of halogens is 3. The van der Waals surface area contributed by atoms with Gasteiger partial charge in [-0.3, -0.25) is 10.7 Å². The minimum Gasteiger partial charge on any atom is -0.465 e. The Balaban J connectivity index is 2.55. The van der Waals surface area contributed by atoms with E-state index in [-0.39, 0.29) is 5.82 Å². The van der Waals surface area contributed by atoms with Crippen molar-refractivity contribution >= 4 is 11.9 Å². The number of amidine groups is 1. The van der Waals surface area contributed by atoms with Gasteiger partial charge in [-0.15, -0.1) is 0 Å². The van der Waals surface area contributed by atoms with Crippen LogP contribution in [0.5, 0.6) is 0 Å². The standard InChI is InChI=1S/C13H9F3N4O2/c14-13(15,16)9-6-8(10(17)20-12(21)22)18-11(19-9)7-4-2-1-3-5-7/h1-6H,(H2,17,20)(H,21,22). The summed E-state index contributed by atoms with van der Waals surface area (Å²) in [4.78, 5) is 17.7. The Bertz CT molecular complexity index is 717. The summed E-state index contributed by atoms with van der Waals surface area (Å²) in [6.07, 6.45) is -6.32. The predicted octanol–water partition coefficient (Wildman–Crippen LogP) is 2.76. The van der Waals surface area contributed by atoms with Crippen molar-refractivity contribution in [2.75, 3.05) is 0 Å². The minimum atomic E-state index is -4.75. The first-order valence-corrected chi connectivity index (χ1v) is 5.88. The molecule has 0 aliphatic heterocycles. The first-order valence-electron chi connectivity index (χ1n) is 5.88. The number of aromatic nitrogens is 2. The number of nitrogens with zero attached hydrogens (tertiary/aromatic N) is 2. The molecule has 0 saturated heterocycles. The molecule has 1 aromatic carbocycles. The lowest BCUT2D eigenvalue weighted by Crippen LogP contribution is -2.30.